The molecule has 1 saturated heterocycles. The molecule has 1 aliphatic rings. The number of esters is 1. The fraction of sp³-hybridized carbons (Fsp3) is 0.818. The molecular weight excluding hydrogens is 208 g/mol. The maximum Gasteiger partial charge on any atom is 0.357 e. The van der Waals surface area contributed by atoms with Gasteiger partial charge < -0.3 is 9.57 Å². The van der Waals surface area contributed by atoms with E-state index in [2.05, 4.69) is 14.9 Å². The van der Waals surface area contributed by atoms with Crippen LogP contribution in [-0.4, -0.2) is 49.9 Å². The van der Waals surface area contributed by atoms with Gasteiger partial charge in [0.25, 0.3) is 0 Å². The van der Waals surface area contributed by atoms with Gasteiger partial charge in [-0.05, 0) is 32.9 Å². The number of carbonyl (C=O) groups is 1. The summed E-state index contributed by atoms with van der Waals surface area (Å²) < 4.78 is 4.92. The molecule has 0 bridgehead atoms. The lowest BCUT2D eigenvalue weighted by molar-refractivity contribution is -0.135. The second kappa shape index (κ2) is 7.22. The number of likely N-dealkylation sites (tertiary alicyclic amines) is 1. The van der Waals surface area contributed by atoms with Crippen molar-refractivity contribution in [1.29, 1.82) is 0 Å². The Bertz CT molecular complexity index is 248. The molecule has 0 N–H and O–H groups in total. The Balaban J connectivity index is 2.49. The van der Waals surface area contributed by atoms with Gasteiger partial charge in [0.2, 0.25) is 0 Å². The second-order valence-corrected chi connectivity index (χ2v) is 3.78. The quantitative estimate of drug-likeness (QED) is 0.401. The van der Waals surface area contributed by atoms with Crippen molar-refractivity contribution in [1.82, 2.24) is 4.90 Å². The molecule has 0 amide bonds. The third-order valence-electron chi connectivity index (χ3n) is 2.53. The average molecular weight is 228 g/mol. The molecule has 0 radical (unpaired) electrons. The zero-order chi connectivity index (χ0) is 11.8. The number of hydrogen-bond donors (Lipinski definition) is 0. The number of carbonyl (C=O) groups excluding carboxylic acids is 1. The highest BCUT2D eigenvalue weighted by molar-refractivity contribution is 6.37. The fourth-order valence-corrected chi connectivity index (χ4v) is 1.78. The van der Waals surface area contributed by atoms with E-state index in [4.69, 9.17) is 4.74 Å². The first-order valence-corrected chi connectivity index (χ1v) is 5.77. The van der Waals surface area contributed by atoms with Crippen LogP contribution in [0.5, 0.6) is 0 Å². The molecule has 5 heteroatoms. The maximum absolute atomic E-state index is 11.5. The third kappa shape index (κ3) is 4.18. The van der Waals surface area contributed by atoms with Crippen LogP contribution in [0.3, 0.4) is 0 Å². The van der Waals surface area contributed by atoms with Gasteiger partial charge in [-0.15, -0.1) is 0 Å². The molecule has 0 aromatic rings. The van der Waals surface area contributed by atoms with E-state index in [1.807, 2.05) is 0 Å². The van der Waals surface area contributed by atoms with Crippen molar-refractivity contribution in [3.8, 4) is 0 Å². The predicted octanol–water partition coefficient (Wildman–Crippen LogP) is 1.04. The zero-order valence-electron chi connectivity index (χ0n) is 10.1. The van der Waals surface area contributed by atoms with E-state index in [0.717, 1.165) is 13.1 Å². The highest BCUT2D eigenvalue weighted by atomic mass is 16.6. The number of oxime groups is 1. The Hall–Kier alpha value is -1.10. The molecule has 0 aromatic carbocycles. The van der Waals surface area contributed by atoms with Gasteiger partial charge in [0.05, 0.1) is 13.2 Å². The minimum absolute atomic E-state index is 0.353. The van der Waals surface area contributed by atoms with Crippen LogP contribution in [-0.2, 0) is 14.4 Å². The molecule has 92 valence electrons. The van der Waals surface area contributed by atoms with Gasteiger partial charge in [0.15, 0.2) is 5.71 Å². The molecule has 0 atom stereocenters. The lowest BCUT2D eigenvalue weighted by Gasteiger charge is -2.25. The Morgan fingerprint density at radius 1 is 1.31 bits per heavy atom. The Labute approximate surface area is 96.4 Å². The predicted molar refractivity (Wildman–Crippen MR) is 61.4 cm³/mol. The topological polar surface area (TPSA) is 51.1 Å². The lowest BCUT2D eigenvalue weighted by atomic mass is 10.1. The third-order valence-corrected chi connectivity index (χ3v) is 2.53. The summed E-state index contributed by atoms with van der Waals surface area (Å²) in [6, 6.07) is 0. The van der Waals surface area contributed by atoms with Gasteiger partial charge in [0, 0.05) is 0 Å². The summed E-state index contributed by atoms with van der Waals surface area (Å²) in [4.78, 5) is 18.4. The first-order valence-electron chi connectivity index (χ1n) is 5.77. The summed E-state index contributed by atoms with van der Waals surface area (Å²) in [5.74, 6) is -0.380. The molecule has 0 unspecified atom stereocenters. The molecule has 16 heavy (non-hydrogen) atoms. The van der Waals surface area contributed by atoms with Crippen LogP contribution in [0.1, 0.15) is 26.2 Å². The van der Waals surface area contributed by atoms with Crippen molar-refractivity contribution in [2.45, 2.75) is 26.2 Å². The number of piperidine rings is 1. The molecule has 1 fully saturated rings. The Morgan fingerprint density at radius 2 is 2.00 bits per heavy atom. The van der Waals surface area contributed by atoms with E-state index in [1.54, 1.807) is 6.92 Å². The SMILES string of the molecule is CCOC(=O)/C(CN1CCCCC1)=N\OC. The van der Waals surface area contributed by atoms with Crippen molar-refractivity contribution in [3.63, 3.8) is 0 Å². The van der Waals surface area contributed by atoms with Crippen molar-refractivity contribution < 1.29 is 14.4 Å². The van der Waals surface area contributed by atoms with E-state index in [9.17, 15) is 4.79 Å². The molecule has 1 rings (SSSR count). The van der Waals surface area contributed by atoms with Gasteiger partial charge in [-0.25, -0.2) is 4.79 Å². The fourth-order valence-electron chi connectivity index (χ4n) is 1.78. The average Bonchev–Trinajstić information content (AvgIpc) is 2.30. The molecule has 0 aromatic heterocycles. The van der Waals surface area contributed by atoms with Gasteiger partial charge >= 0.3 is 5.97 Å². The summed E-state index contributed by atoms with van der Waals surface area (Å²) in [7, 11) is 1.44. The highest BCUT2D eigenvalue weighted by Gasteiger charge is 2.19. The van der Waals surface area contributed by atoms with Crippen LogP contribution in [0.25, 0.3) is 0 Å². The van der Waals surface area contributed by atoms with E-state index < -0.39 is 0 Å². The van der Waals surface area contributed by atoms with Crippen LogP contribution >= 0.6 is 0 Å². The van der Waals surface area contributed by atoms with Gasteiger partial charge in [-0.3, -0.25) is 4.90 Å². The van der Waals surface area contributed by atoms with E-state index in [-0.39, 0.29) is 5.97 Å². The molecule has 0 spiro atoms. The summed E-state index contributed by atoms with van der Waals surface area (Å²) in [5, 5.41) is 3.74. The number of ether oxygens (including phenoxy) is 1. The molecule has 1 aliphatic heterocycles. The second-order valence-electron chi connectivity index (χ2n) is 3.78. The van der Waals surface area contributed by atoms with Crippen LogP contribution in [0.4, 0.5) is 0 Å². The highest BCUT2D eigenvalue weighted by Crippen LogP contribution is 2.08. The zero-order valence-corrected chi connectivity index (χ0v) is 10.1. The normalized spacial score (nSPS) is 18.2. The minimum atomic E-state index is -0.380. The molecule has 1 heterocycles. The molecule has 5 nitrogen and oxygen atoms in total. The van der Waals surface area contributed by atoms with E-state index in [1.165, 1.54) is 26.4 Å². The van der Waals surface area contributed by atoms with Gasteiger partial charge in [0.1, 0.15) is 7.11 Å². The van der Waals surface area contributed by atoms with Crippen LogP contribution in [0, 0.1) is 0 Å². The Kier molecular flexibility index (Phi) is 5.85. The monoisotopic (exact) mass is 228 g/mol. The minimum Gasteiger partial charge on any atom is -0.461 e. The summed E-state index contributed by atoms with van der Waals surface area (Å²) in [5.41, 5.74) is 0.353. The van der Waals surface area contributed by atoms with Crippen LogP contribution < -0.4 is 0 Å². The largest absolute Gasteiger partial charge is 0.461 e. The first kappa shape index (κ1) is 13.0. The maximum atomic E-state index is 11.5. The van der Waals surface area contributed by atoms with Crippen molar-refractivity contribution >= 4 is 11.7 Å². The number of nitrogens with zero attached hydrogens (tertiary/aromatic N) is 2. The van der Waals surface area contributed by atoms with Crippen molar-refractivity contribution in [2.75, 3.05) is 33.4 Å². The van der Waals surface area contributed by atoms with Crippen molar-refractivity contribution in [2.24, 2.45) is 5.16 Å². The van der Waals surface area contributed by atoms with E-state index >= 15 is 0 Å². The standard InChI is InChI=1S/C11H20N2O3/c1-3-16-11(14)10(12-15-2)9-13-7-5-4-6-8-13/h3-9H2,1-2H3/b12-10-. The van der Waals surface area contributed by atoms with Crippen molar-refractivity contribution in [3.05, 3.63) is 0 Å². The molecule has 0 saturated carbocycles. The molecule has 0 aliphatic carbocycles. The summed E-state index contributed by atoms with van der Waals surface area (Å²) in [6.07, 6.45) is 3.64. The molecular formula is C11H20N2O3. The summed E-state index contributed by atoms with van der Waals surface area (Å²) in [6.45, 7) is 4.70. The number of hydrogen-bond acceptors (Lipinski definition) is 5. The number of rotatable bonds is 5. The van der Waals surface area contributed by atoms with Crippen LogP contribution in [0.2, 0.25) is 0 Å². The summed E-state index contributed by atoms with van der Waals surface area (Å²) >= 11 is 0. The smallest absolute Gasteiger partial charge is 0.357 e. The van der Waals surface area contributed by atoms with Gasteiger partial charge in [-0.1, -0.05) is 11.6 Å². The lowest BCUT2D eigenvalue weighted by Crippen LogP contribution is -2.37. The van der Waals surface area contributed by atoms with Gasteiger partial charge in [-0.2, -0.15) is 0 Å². The Morgan fingerprint density at radius 3 is 2.56 bits per heavy atom. The first-order chi connectivity index (χ1) is 7.77. The van der Waals surface area contributed by atoms with E-state index in [0.29, 0.717) is 18.9 Å². The van der Waals surface area contributed by atoms with Crippen LogP contribution in [0.15, 0.2) is 5.16 Å².